The van der Waals surface area contributed by atoms with Crippen molar-refractivity contribution in [2.45, 2.75) is 33.1 Å². The Bertz CT molecular complexity index is 797. The highest BCUT2D eigenvalue weighted by atomic mass is 35.5. The first kappa shape index (κ1) is 20.0. The van der Waals surface area contributed by atoms with Crippen LogP contribution in [0.15, 0.2) is 48.5 Å². The van der Waals surface area contributed by atoms with Gasteiger partial charge in [-0.2, -0.15) is 0 Å². The Morgan fingerprint density at radius 2 is 1.77 bits per heavy atom. The Balaban J connectivity index is 2.11. The van der Waals surface area contributed by atoms with Crippen molar-refractivity contribution in [3.8, 4) is 0 Å². The van der Waals surface area contributed by atoms with E-state index >= 15 is 0 Å². The van der Waals surface area contributed by atoms with Gasteiger partial charge in [0.15, 0.2) is 0 Å². The number of benzene rings is 2. The molecule has 0 spiro atoms. The first-order chi connectivity index (χ1) is 12.2. The van der Waals surface area contributed by atoms with Crippen LogP contribution in [-0.4, -0.2) is 24.9 Å². The molecule has 0 aromatic heterocycles. The zero-order valence-corrected chi connectivity index (χ0v) is 16.4. The van der Waals surface area contributed by atoms with E-state index in [0.29, 0.717) is 23.7 Å². The SMILES string of the molecule is CC(=O)N(CCNC(=O)c1cccc(Cl)c1)c1ccccc1C(C)(C)C. The van der Waals surface area contributed by atoms with Gasteiger partial charge >= 0.3 is 0 Å². The number of rotatable bonds is 5. The molecule has 0 saturated heterocycles. The molecule has 0 heterocycles. The summed E-state index contributed by atoms with van der Waals surface area (Å²) in [4.78, 5) is 26.2. The van der Waals surface area contributed by atoms with E-state index in [1.54, 1.807) is 29.2 Å². The largest absolute Gasteiger partial charge is 0.350 e. The van der Waals surface area contributed by atoms with E-state index in [0.717, 1.165) is 11.3 Å². The fourth-order valence-corrected chi connectivity index (χ4v) is 2.99. The van der Waals surface area contributed by atoms with E-state index in [2.05, 4.69) is 26.1 Å². The summed E-state index contributed by atoms with van der Waals surface area (Å²) in [5.41, 5.74) is 2.39. The Hall–Kier alpha value is -2.33. The van der Waals surface area contributed by atoms with Gasteiger partial charge in [0, 0.05) is 36.3 Å². The maximum Gasteiger partial charge on any atom is 0.251 e. The molecule has 4 nitrogen and oxygen atoms in total. The van der Waals surface area contributed by atoms with Gasteiger partial charge in [-0.25, -0.2) is 0 Å². The minimum atomic E-state index is -0.208. The summed E-state index contributed by atoms with van der Waals surface area (Å²) in [5, 5.41) is 3.36. The first-order valence-corrected chi connectivity index (χ1v) is 8.99. The van der Waals surface area contributed by atoms with Crippen molar-refractivity contribution in [2.24, 2.45) is 0 Å². The van der Waals surface area contributed by atoms with Crippen LogP contribution >= 0.6 is 11.6 Å². The van der Waals surface area contributed by atoms with Crippen molar-refractivity contribution in [1.29, 1.82) is 0 Å². The standard InChI is InChI=1S/C21H25ClN2O2/c1-15(25)24(19-11-6-5-10-18(19)21(2,3)4)13-12-23-20(26)16-8-7-9-17(22)14-16/h5-11,14H,12-13H2,1-4H3,(H,23,26). The van der Waals surface area contributed by atoms with Crippen molar-refractivity contribution >= 4 is 29.1 Å². The highest BCUT2D eigenvalue weighted by molar-refractivity contribution is 6.30. The number of amides is 2. The van der Waals surface area contributed by atoms with Gasteiger partial charge in [0.25, 0.3) is 5.91 Å². The summed E-state index contributed by atoms with van der Waals surface area (Å²) in [7, 11) is 0. The molecule has 0 radical (unpaired) electrons. The van der Waals surface area contributed by atoms with E-state index in [4.69, 9.17) is 11.6 Å². The number of hydrogen-bond acceptors (Lipinski definition) is 2. The monoisotopic (exact) mass is 372 g/mol. The average molecular weight is 373 g/mol. The molecule has 26 heavy (non-hydrogen) atoms. The Morgan fingerprint density at radius 1 is 1.08 bits per heavy atom. The molecule has 138 valence electrons. The second-order valence-corrected chi connectivity index (χ2v) is 7.64. The summed E-state index contributed by atoms with van der Waals surface area (Å²) < 4.78 is 0. The van der Waals surface area contributed by atoms with Crippen molar-refractivity contribution in [2.75, 3.05) is 18.0 Å². The second kappa shape index (κ2) is 8.37. The van der Waals surface area contributed by atoms with Crippen LogP contribution in [0.4, 0.5) is 5.69 Å². The first-order valence-electron chi connectivity index (χ1n) is 8.61. The third-order valence-electron chi connectivity index (χ3n) is 4.09. The summed E-state index contributed by atoms with van der Waals surface area (Å²) >= 11 is 5.92. The molecule has 0 aliphatic rings. The minimum Gasteiger partial charge on any atom is -0.350 e. The van der Waals surface area contributed by atoms with Gasteiger partial charge in [-0.15, -0.1) is 0 Å². The molecule has 0 aliphatic carbocycles. The number of para-hydroxylation sites is 1. The molecule has 2 aromatic rings. The fourth-order valence-electron chi connectivity index (χ4n) is 2.80. The lowest BCUT2D eigenvalue weighted by Gasteiger charge is -2.29. The maximum atomic E-state index is 12.2. The molecule has 0 fully saturated rings. The number of halogens is 1. The third kappa shape index (κ3) is 5.09. The lowest BCUT2D eigenvalue weighted by atomic mass is 9.85. The molecular formula is C21H25ClN2O2. The van der Waals surface area contributed by atoms with Crippen molar-refractivity contribution in [1.82, 2.24) is 5.32 Å². The van der Waals surface area contributed by atoms with Gasteiger partial charge in [0.2, 0.25) is 5.91 Å². The third-order valence-corrected chi connectivity index (χ3v) is 4.33. The average Bonchev–Trinajstić information content (AvgIpc) is 2.57. The lowest BCUT2D eigenvalue weighted by molar-refractivity contribution is -0.116. The number of anilines is 1. The molecule has 0 bridgehead atoms. The van der Waals surface area contributed by atoms with Crippen LogP contribution in [-0.2, 0) is 10.2 Å². The number of carbonyl (C=O) groups excluding carboxylic acids is 2. The van der Waals surface area contributed by atoms with Crippen LogP contribution in [0.25, 0.3) is 0 Å². The van der Waals surface area contributed by atoms with Gasteiger partial charge in [-0.05, 0) is 35.2 Å². The predicted octanol–water partition coefficient (Wildman–Crippen LogP) is 4.42. The molecule has 0 unspecified atom stereocenters. The van der Waals surface area contributed by atoms with Gasteiger partial charge in [0.1, 0.15) is 0 Å². The van der Waals surface area contributed by atoms with Gasteiger partial charge in [-0.1, -0.05) is 56.6 Å². The highest BCUT2D eigenvalue weighted by Gasteiger charge is 2.22. The topological polar surface area (TPSA) is 49.4 Å². The molecule has 5 heteroatoms. The number of carbonyl (C=O) groups is 2. The Morgan fingerprint density at radius 3 is 2.38 bits per heavy atom. The van der Waals surface area contributed by atoms with Crippen molar-refractivity contribution in [3.63, 3.8) is 0 Å². The maximum absolute atomic E-state index is 12.2. The molecule has 0 atom stereocenters. The van der Waals surface area contributed by atoms with Crippen molar-refractivity contribution < 1.29 is 9.59 Å². The molecule has 2 aromatic carbocycles. The quantitative estimate of drug-likeness (QED) is 0.844. The number of nitrogens with zero attached hydrogens (tertiary/aromatic N) is 1. The Kier molecular flexibility index (Phi) is 6.43. The van der Waals surface area contributed by atoms with E-state index in [1.807, 2.05) is 24.3 Å². The van der Waals surface area contributed by atoms with Gasteiger partial charge < -0.3 is 10.2 Å². The molecule has 2 rings (SSSR count). The van der Waals surface area contributed by atoms with Crippen LogP contribution in [0.1, 0.15) is 43.6 Å². The summed E-state index contributed by atoms with van der Waals surface area (Å²) in [6.45, 7) is 8.64. The Labute approximate surface area is 160 Å². The fraction of sp³-hybridized carbons (Fsp3) is 0.333. The van der Waals surface area contributed by atoms with Gasteiger partial charge in [0.05, 0.1) is 0 Å². The number of nitrogens with one attached hydrogen (secondary N) is 1. The van der Waals surface area contributed by atoms with E-state index < -0.39 is 0 Å². The lowest BCUT2D eigenvalue weighted by Crippen LogP contribution is -2.38. The van der Waals surface area contributed by atoms with E-state index in [1.165, 1.54) is 6.92 Å². The molecule has 2 amide bonds. The smallest absolute Gasteiger partial charge is 0.251 e. The van der Waals surface area contributed by atoms with E-state index in [9.17, 15) is 9.59 Å². The predicted molar refractivity (Wildman–Crippen MR) is 107 cm³/mol. The molecule has 1 N–H and O–H groups in total. The summed E-state index contributed by atoms with van der Waals surface area (Å²) in [5.74, 6) is -0.265. The second-order valence-electron chi connectivity index (χ2n) is 7.20. The zero-order valence-electron chi connectivity index (χ0n) is 15.7. The van der Waals surface area contributed by atoms with Gasteiger partial charge in [-0.3, -0.25) is 9.59 Å². The van der Waals surface area contributed by atoms with Crippen LogP contribution in [0.5, 0.6) is 0 Å². The van der Waals surface area contributed by atoms with Crippen LogP contribution in [0.3, 0.4) is 0 Å². The summed E-state index contributed by atoms with van der Waals surface area (Å²) in [6.07, 6.45) is 0. The molecule has 0 saturated carbocycles. The zero-order chi connectivity index (χ0) is 19.3. The van der Waals surface area contributed by atoms with Crippen LogP contribution in [0, 0.1) is 0 Å². The number of hydrogen-bond donors (Lipinski definition) is 1. The highest BCUT2D eigenvalue weighted by Crippen LogP contribution is 2.31. The van der Waals surface area contributed by atoms with E-state index in [-0.39, 0.29) is 17.2 Å². The van der Waals surface area contributed by atoms with Crippen LogP contribution < -0.4 is 10.2 Å². The normalized spacial score (nSPS) is 11.1. The minimum absolute atomic E-state index is 0.0568. The van der Waals surface area contributed by atoms with Crippen molar-refractivity contribution in [3.05, 3.63) is 64.7 Å². The summed E-state index contributed by atoms with van der Waals surface area (Å²) in [6, 6.07) is 14.7. The molecule has 0 aliphatic heterocycles. The molecular weight excluding hydrogens is 348 g/mol. The van der Waals surface area contributed by atoms with Crippen LogP contribution in [0.2, 0.25) is 5.02 Å².